The van der Waals surface area contributed by atoms with Crippen molar-refractivity contribution in [2.24, 2.45) is 4.99 Å². The van der Waals surface area contributed by atoms with Crippen LogP contribution in [0.3, 0.4) is 0 Å². The van der Waals surface area contributed by atoms with Crippen molar-refractivity contribution >= 4 is 5.71 Å². The van der Waals surface area contributed by atoms with E-state index in [1.54, 1.807) is 0 Å². The summed E-state index contributed by atoms with van der Waals surface area (Å²) < 4.78 is 0. The first-order chi connectivity index (χ1) is 11.8. The van der Waals surface area contributed by atoms with Crippen molar-refractivity contribution in [2.45, 2.75) is 38.6 Å². The lowest BCUT2D eigenvalue weighted by molar-refractivity contribution is 0.625. The number of aryl methyl sites for hydroxylation is 1. The van der Waals surface area contributed by atoms with Gasteiger partial charge in [0, 0.05) is 17.8 Å². The molecule has 1 aromatic heterocycles. The van der Waals surface area contributed by atoms with Crippen molar-refractivity contribution in [3.8, 4) is 0 Å². The van der Waals surface area contributed by atoms with Gasteiger partial charge in [-0.25, -0.2) is 9.97 Å². The maximum atomic E-state index is 4.90. The SMILES string of the molecule is Cc1cc(Cc2ccccc2)nc(C2=NC3CCCC=C3C=C2)n1. The molecule has 0 N–H and O–H groups in total. The van der Waals surface area contributed by atoms with Crippen LogP contribution < -0.4 is 0 Å². The minimum Gasteiger partial charge on any atom is -0.273 e. The first kappa shape index (κ1) is 15.0. The molecule has 120 valence electrons. The largest absolute Gasteiger partial charge is 0.273 e. The Balaban J connectivity index is 1.64. The molecule has 1 aromatic carbocycles. The first-order valence-corrected chi connectivity index (χ1v) is 8.63. The van der Waals surface area contributed by atoms with Crippen LogP contribution in [0.1, 0.15) is 42.0 Å². The summed E-state index contributed by atoms with van der Waals surface area (Å²) in [6.07, 6.45) is 10.9. The van der Waals surface area contributed by atoms with E-state index in [2.05, 4.69) is 53.5 Å². The average Bonchev–Trinajstić information content (AvgIpc) is 2.62. The predicted octanol–water partition coefficient (Wildman–Crippen LogP) is 4.21. The molecule has 1 aliphatic heterocycles. The van der Waals surface area contributed by atoms with Gasteiger partial charge in [-0.15, -0.1) is 0 Å². The van der Waals surface area contributed by atoms with E-state index in [0.29, 0.717) is 6.04 Å². The van der Waals surface area contributed by atoms with Crippen LogP contribution in [-0.4, -0.2) is 21.7 Å². The summed E-state index contributed by atoms with van der Waals surface area (Å²) in [6, 6.07) is 12.8. The molecule has 1 aliphatic carbocycles. The molecule has 1 atom stereocenters. The van der Waals surface area contributed by atoms with Crippen LogP contribution in [0.15, 0.2) is 65.2 Å². The highest BCUT2D eigenvalue weighted by molar-refractivity contribution is 6.07. The third-order valence-corrected chi connectivity index (χ3v) is 4.54. The minimum atomic E-state index is 0.292. The van der Waals surface area contributed by atoms with Crippen molar-refractivity contribution in [3.63, 3.8) is 0 Å². The summed E-state index contributed by atoms with van der Waals surface area (Å²) in [4.78, 5) is 14.3. The molecule has 0 bridgehead atoms. The second-order valence-electron chi connectivity index (χ2n) is 6.49. The van der Waals surface area contributed by atoms with E-state index < -0.39 is 0 Å². The van der Waals surface area contributed by atoms with E-state index in [4.69, 9.17) is 9.98 Å². The van der Waals surface area contributed by atoms with Crippen molar-refractivity contribution in [1.29, 1.82) is 0 Å². The summed E-state index contributed by atoms with van der Waals surface area (Å²) in [7, 11) is 0. The molecule has 0 radical (unpaired) electrons. The molecular weight excluding hydrogens is 294 g/mol. The van der Waals surface area contributed by atoms with Gasteiger partial charge in [0.25, 0.3) is 0 Å². The summed E-state index contributed by atoms with van der Waals surface area (Å²) in [5.41, 5.74) is 5.57. The number of benzene rings is 1. The summed E-state index contributed by atoms with van der Waals surface area (Å²) >= 11 is 0. The van der Waals surface area contributed by atoms with Crippen LogP contribution in [0.4, 0.5) is 0 Å². The number of dihydropyridines is 1. The van der Waals surface area contributed by atoms with Gasteiger partial charge < -0.3 is 0 Å². The smallest absolute Gasteiger partial charge is 0.178 e. The van der Waals surface area contributed by atoms with Gasteiger partial charge in [0.15, 0.2) is 5.82 Å². The number of aromatic nitrogens is 2. The second kappa shape index (κ2) is 6.52. The zero-order chi connectivity index (χ0) is 16.4. The van der Waals surface area contributed by atoms with Gasteiger partial charge in [-0.2, -0.15) is 0 Å². The fraction of sp³-hybridized carbons (Fsp3) is 0.286. The van der Waals surface area contributed by atoms with Gasteiger partial charge in [-0.05, 0) is 49.5 Å². The zero-order valence-corrected chi connectivity index (χ0v) is 13.9. The highest BCUT2D eigenvalue weighted by Crippen LogP contribution is 2.26. The highest BCUT2D eigenvalue weighted by atomic mass is 14.9. The monoisotopic (exact) mass is 315 g/mol. The van der Waals surface area contributed by atoms with Crippen LogP contribution in [0.2, 0.25) is 0 Å². The standard InChI is InChI=1S/C21H21N3/c1-15-13-18(14-16-7-3-2-4-8-16)23-21(22-15)20-12-11-17-9-5-6-10-19(17)24-20/h2-4,7-9,11-13,19H,5-6,10,14H2,1H3. The second-order valence-corrected chi connectivity index (χ2v) is 6.49. The molecule has 2 heterocycles. The molecule has 0 saturated heterocycles. The maximum Gasteiger partial charge on any atom is 0.178 e. The van der Waals surface area contributed by atoms with Crippen molar-refractivity contribution < 1.29 is 0 Å². The Hall–Kier alpha value is -2.55. The van der Waals surface area contributed by atoms with E-state index in [9.17, 15) is 0 Å². The molecule has 0 spiro atoms. The third kappa shape index (κ3) is 3.21. The lowest BCUT2D eigenvalue weighted by atomic mass is 9.92. The molecule has 3 nitrogen and oxygen atoms in total. The predicted molar refractivity (Wildman–Crippen MR) is 97.4 cm³/mol. The molecule has 1 unspecified atom stereocenters. The number of rotatable bonds is 3. The van der Waals surface area contributed by atoms with Gasteiger partial charge in [0.05, 0.1) is 6.04 Å². The van der Waals surface area contributed by atoms with E-state index in [1.807, 2.05) is 13.0 Å². The number of aliphatic imine (C=N–C) groups is 1. The number of allylic oxidation sites excluding steroid dienone is 2. The summed E-state index contributed by atoms with van der Waals surface area (Å²) in [5, 5.41) is 0. The fourth-order valence-corrected chi connectivity index (χ4v) is 3.36. The lowest BCUT2D eigenvalue weighted by Gasteiger charge is -2.22. The Morgan fingerprint density at radius 1 is 1.08 bits per heavy atom. The quantitative estimate of drug-likeness (QED) is 0.851. The minimum absolute atomic E-state index is 0.292. The molecule has 0 saturated carbocycles. The van der Waals surface area contributed by atoms with Crippen molar-refractivity contribution in [1.82, 2.24) is 9.97 Å². The van der Waals surface area contributed by atoms with Gasteiger partial charge >= 0.3 is 0 Å². The lowest BCUT2D eigenvalue weighted by Crippen LogP contribution is -2.19. The van der Waals surface area contributed by atoms with E-state index in [0.717, 1.165) is 35.8 Å². The molecule has 3 heteroatoms. The van der Waals surface area contributed by atoms with E-state index in [1.165, 1.54) is 24.0 Å². The highest BCUT2D eigenvalue weighted by Gasteiger charge is 2.20. The normalized spacial score (nSPS) is 19.5. The fourth-order valence-electron chi connectivity index (χ4n) is 3.36. The Bertz CT molecular complexity index is 831. The van der Waals surface area contributed by atoms with Crippen molar-refractivity contribution in [2.75, 3.05) is 0 Å². The van der Waals surface area contributed by atoms with Crippen LogP contribution in [0, 0.1) is 6.92 Å². The summed E-state index contributed by atoms with van der Waals surface area (Å²) in [6.45, 7) is 2.03. The zero-order valence-electron chi connectivity index (χ0n) is 13.9. The molecule has 4 rings (SSSR count). The van der Waals surface area contributed by atoms with Crippen LogP contribution >= 0.6 is 0 Å². The molecule has 0 fully saturated rings. The number of fused-ring (bicyclic) bond motifs is 1. The average molecular weight is 315 g/mol. The van der Waals surface area contributed by atoms with Crippen LogP contribution in [0.5, 0.6) is 0 Å². The third-order valence-electron chi connectivity index (χ3n) is 4.54. The van der Waals surface area contributed by atoms with Gasteiger partial charge in [-0.3, -0.25) is 4.99 Å². The summed E-state index contributed by atoms with van der Waals surface area (Å²) in [5.74, 6) is 0.752. The van der Waals surface area contributed by atoms with Gasteiger partial charge in [-0.1, -0.05) is 42.5 Å². The van der Waals surface area contributed by atoms with Crippen LogP contribution in [-0.2, 0) is 6.42 Å². The van der Waals surface area contributed by atoms with Gasteiger partial charge in [0.2, 0.25) is 0 Å². The van der Waals surface area contributed by atoms with E-state index >= 15 is 0 Å². The molecule has 24 heavy (non-hydrogen) atoms. The number of hydrogen-bond donors (Lipinski definition) is 0. The maximum absolute atomic E-state index is 4.90. The molecular formula is C21H21N3. The molecule has 2 aliphatic rings. The molecule has 2 aromatic rings. The van der Waals surface area contributed by atoms with Crippen molar-refractivity contribution in [3.05, 3.63) is 83.0 Å². The topological polar surface area (TPSA) is 38.1 Å². The Morgan fingerprint density at radius 3 is 2.83 bits per heavy atom. The van der Waals surface area contributed by atoms with Gasteiger partial charge in [0.1, 0.15) is 5.71 Å². The Labute approximate surface area is 142 Å². The first-order valence-electron chi connectivity index (χ1n) is 8.63. The van der Waals surface area contributed by atoms with E-state index in [-0.39, 0.29) is 0 Å². The number of hydrogen-bond acceptors (Lipinski definition) is 3. The van der Waals surface area contributed by atoms with Crippen LogP contribution in [0.25, 0.3) is 0 Å². The Kier molecular flexibility index (Phi) is 4.08. The number of nitrogens with zero attached hydrogens (tertiary/aromatic N) is 3. The molecule has 0 amide bonds. The Morgan fingerprint density at radius 2 is 1.96 bits per heavy atom.